The highest BCUT2D eigenvalue weighted by Gasteiger charge is 2.31. The van der Waals surface area contributed by atoms with E-state index in [0.717, 1.165) is 0 Å². The number of carboxylic acid groups (broad SMARTS) is 1. The summed E-state index contributed by atoms with van der Waals surface area (Å²) in [5.41, 5.74) is 5.62. The second kappa shape index (κ2) is 13.4. The lowest BCUT2D eigenvalue weighted by atomic mass is 9.99. The smallest absolute Gasteiger partial charge is 0.326 e. The molecule has 0 saturated carbocycles. The minimum atomic E-state index is -1.36. The number of amides is 3. The SMILES string of the molecule is CCC(C)C(NC(=O)C(CO)NC(=O)C(CC(C)C)NC(=O)C(N)CS)C(=O)O. The standard InChI is InChI=1S/C18H34N4O6S/c1-5-10(4)14(18(27)28)22-17(26)13(7-23)21-16(25)12(6-9(2)3)20-15(24)11(19)8-29/h9-14,23,29H,5-8,19H2,1-4H3,(H,20,24)(H,21,25)(H,22,26)(H,27,28). The number of aliphatic carboxylic acids is 1. The van der Waals surface area contributed by atoms with Gasteiger partial charge in [-0.15, -0.1) is 0 Å². The number of aliphatic hydroxyl groups excluding tert-OH is 1. The molecule has 0 spiro atoms. The quantitative estimate of drug-likeness (QED) is 0.180. The van der Waals surface area contributed by atoms with E-state index >= 15 is 0 Å². The van der Waals surface area contributed by atoms with Crippen molar-refractivity contribution in [3.05, 3.63) is 0 Å². The van der Waals surface area contributed by atoms with E-state index in [1.165, 1.54) is 0 Å². The van der Waals surface area contributed by atoms with Gasteiger partial charge in [0.2, 0.25) is 17.7 Å². The second-order valence-corrected chi connectivity index (χ2v) is 7.80. The molecule has 0 aliphatic heterocycles. The molecule has 0 heterocycles. The molecule has 0 aliphatic rings. The van der Waals surface area contributed by atoms with Crippen LogP contribution >= 0.6 is 12.6 Å². The Morgan fingerprint density at radius 1 is 0.966 bits per heavy atom. The third-order valence-electron chi connectivity index (χ3n) is 4.47. The van der Waals surface area contributed by atoms with E-state index in [1.807, 2.05) is 13.8 Å². The summed E-state index contributed by atoms with van der Waals surface area (Å²) in [6.07, 6.45) is 0.794. The monoisotopic (exact) mass is 434 g/mol. The molecule has 11 heteroatoms. The normalized spacial score (nSPS) is 16.3. The van der Waals surface area contributed by atoms with Gasteiger partial charge in [-0.2, -0.15) is 12.6 Å². The van der Waals surface area contributed by atoms with E-state index in [2.05, 4.69) is 28.6 Å². The number of aliphatic hydroxyl groups is 1. The van der Waals surface area contributed by atoms with Gasteiger partial charge in [-0.1, -0.05) is 34.1 Å². The second-order valence-electron chi connectivity index (χ2n) is 7.43. The first-order valence-corrected chi connectivity index (χ1v) is 10.2. The van der Waals surface area contributed by atoms with Crippen LogP contribution in [-0.2, 0) is 19.2 Å². The number of thiol groups is 1. The number of rotatable bonds is 13. The topological polar surface area (TPSA) is 171 Å². The molecule has 168 valence electrons. The van der Waals surface area contributed by atoms with E-state index < -0.39 is 54.5 Å². The number of nitrogens with one attached hydrogen (secondary N) is 3. The lowest BCUT2D eigenvalue weighted by Gasteiger charge is -2.26. The van der Waals surface area contributed by atoms with Crippen molar-refractivity contribution in [1.29, 1.82) is 0 Å². The van der Waals surface area contributed by atoms with Gasteiger partial charge in [0.15, 0.2) is 0 Å². The maximum absolute atomic E-state index is 12.6. The molecule has 0 saturated heterocycles. The largest absolute Gasteiger partial charge is 0.480 e. The fourth-order valence-corrected chi connectivity index (χ4v) is 2.63. The lowest BCUT2D eigenvalue weighted by Crippen LogP contribution is -2.59. The zero-order valence-electron chi connectivity index (χ0n) is 17.3. The Morgan fingerprint density at radius 2 is 1.48 bits per heavy atom. The van der Waals surface area contributed by atoms with Gasteiger partial charge in [0, 0.05) is 5.75 Å². The van der Waals surface area contributed by atoms with Gasteiger partial charge in [0.25, 0.3) is 0 Å². The fraction of sp³-hybridized carbons (Fsp3) is 0.778. The van der Waals surface area contributed by atoms with E-state index in [-0.39, 0.29) is 24.0 Å². The van der Waals surface area contributed by atoms with E-state index in [9.17, 15) is 29.4 Å². The summed E-state index contributed by atoms with van der Waals surface area (Å²) in [6.45, 7) is 6.43. The Kier molecular flexibility index (Phi) is 12.5. The van der Waals surface area contributed by atoms with Crippen molar-refractivity contribution in [2.75, 3.05) is 12.4 Å². The third-order valence-corrected chi connectivity index (χ3v) is 4.86. The van der Waals surface area contributed by atoms with Crippen LogP contribution in [0.3, 0.4) is 0 Å². The molecule has 0 aliphatic carbocycles. The Morgan fingerprint density at radius 3 is 1.90 bits per heavy atom. The van der Waals surface area contributed by atoms with Crippen molar-refractivity contribution in [3.63, 3.8) is 0 Å². The molecule has 3 amide bonds. The lowest BCUT2D eigenvalue weighted by molar-refractivity contribution is -0.144. The van der Waals surface area contributed by atoms with Gasteiger partial charge in [-0.05, 0) is 18.3 Å². The van der Waals surface area contributed by atoms with Gasteiger partial charge >= 0.3 is 5.97 Å². The molecule has 0 radical (unpaired) electrons. The van der Waals surface area contributed by atoms with Crippen molar-refractivity contribution in [2.45, 2.75) is 64.7 Å². The molecule has 29 heavy (non-hydrogen) atoms. The van der Waals surface area contributed by atoms with Crippen LogP contribution in [0.5, 0.6) is 0 Å². The number of hydrogen-bond acceptors (Lipinski definition) is 7. The number of carbonyl (C=O) groups is 4. The summed E-state index contributed by atoms with van der Waals surface area (Å²) in [5, 5.41) is 26.0. The molecule has 0 aromatic carbocycles. The number of hydrogen-bond donors (Lipinski definition) is 7. The predicted molar refractivity (Wildman–Crippen MR) is 111 cm³/mol. The first-order chi connectivity index (χ1) is 13.5. The summed E-state index contributed by atoms with van der Waals surface area (Å²) in [6, 6.07) is -4.39. The Labute approximate surface area is 176 Å². The van der Waals surface area contributed by atoms with Crippen LogP contribution in [0, 0.1) is 11.8 Å². The van der Waals surface area contributed by atoms with Gasteiger partial charge in [0.1, 0.15) is 18.1 Å². The first kappa shape index (κ1) is 27.1. The maximum atomic E-state index is 12.6. The highest BCUT2D eigenvalue weighted by molar-refractivity contribution is 7.80. The molecule has 0 aromatic rings. The zero-order valence-corrected chi connectivity index (χ0v) is 18.2. The highest BCUT2D eigenvalue weighted by Crippen LogP contribution is 2.09. The number of carboxylic acids is 1. The minimum Gasteiger partial charge on any atom is -0.480 e. The van der Waals surface area contributed by atoms with Crippen LogP contribution in [0.2, 0.25) is 0 Å². The van der Waals surface area contributed by atoms with Crippen LogP contribution < -0.4 is 21.7 Å². The van der Waals surface area contributed by atoms with E-state index in [4.69, 9.17) is 5.73 Å². The molecular weight excluding hydrogens is 400 g/mol. The molecule has 0 fully saturated rings. The molecular formula is C18H34N4O6S. The zero-order chi connectivity index (χ0) is 22.7. The Balaban J connectivity index is 5.23. The first-order valence-electron chi connectivity index (χ1n) is 9.59. The van der Waals surface area contributed by atoms with Crippen LogP contribution in [0.4, 0.5) is 0 Å². The van der Waals surface area contributed by atoms with Crippen molar-refractivity contribution in [1.82, 2.24) is 16.0 Å². The molecule has 0 rings (SSSR count). The van der Waals surface area contributed by atoms with E-state index in [0.29, 0.717) is 6.42 Å². The van der Waals surface area contributed by atoms with Gasteiger partial charge in [-0.3, -0.25) is 14.4 Å². The number of nitrogens with two attached hydrogens (primary N) is 1. The summed E-state index contributed by atoms with van der Waals surface area (Å²) >= 11 is 3.95. The summed E-state index contributed by atoms with van der Waals surface area (Å²) in [7, 11) is 0. The van der Waals surface area contributed by atoms with Gasteiger partial charge in [-0.25, -0.2) is 4.79 Å². The molecule has 5 atom stereocenters. The van der Waals surface area contributed by atoms with Crippen molar-refractivity contribution in [3.8, 4) is 0 Å². The van der Waals surface area contributed by atoms with Gasteiger partial charge in [0.05, 0.1) is 12.6 Å². The minimum absolute atomic E-state index is 0.0430. The van der Waals surface area contributed by atoms with E-state index in [1.54, 1.807) is 13.8 Å². The number of carbonyl (C=O) groups excluding carboxylic acids is 3. The molecule has 5 unspecified atom stereocenters. The van der Waals surface area contributed by atoms with Crippen LogP contribution in [0.25, 0.3) is 0 Å². The average Bonchev–Trinajstić information content (AvgIpc) is 2.67. The van der Waals surface area contributed by atoms with Crippen molar-refractivity contribution < 1.29 is 29.4 Å². The van der Waals surface area contributed by atoms with Crippen LogP contribution in [-0.4, -0.2) is 70.4 Å². The highest BCUT2D eigenvalue weighted by atomic mass is 32.1. The summed E-state index contributed by atoms with van der Waals surface area (Å²) in [5.74, 6) is -3.48. The van der Waals surface area contributed by atoms with Gasteiger partial charge < -0.3 is 31.9 Å². The molecule has 7 N–H and O–H groups in total. The van der Waals surface area contributed by atoms with Crippen molar-refractivity contribution >= 4 is 36.3 Å². The fourth-order valence-electron chi connectivity index (χ4n) is 2.47. The third kappa shape index (κ3) is 9.46. The predicted octanol–water partition coefficient (Wildman–Crippen LogP) is -1.13. The van der Waals surface area contributed by atoms with Crippen LogP contribution in [0.1, 0.15) is 40.5 Å². The molecule has 0 bridgehead atoms. The average molecular weight is 435 g/mol. The van der Waals surface area contributed by atoms with Crippen LogP contribution in [0.15, 0.2) is 0 Å². The van der Waals surface area contributed by atoms with Crippen molar-refractivity contribution in [2.24, 2.45) is 17.6 Å². The maximum Gasteiger partial charge on any atom is 0.326 e. The molecule has 0 aromatic heterocycles. The Bertz CT molecular complexity index is 575. The molecule has 10 nitrogen and oxygen atoms in total. The Hall–Kier alpha value is -1.85. The summed E-state index contributed by atoms with van der Waals surface area (Å²) in [4.78, 5) is 48.4. The summed E-state index contributed by atoms with van der Waals surface area (Å²) < 4.78 is 0.